The molecular weight excluding hydrogens is 208 g/mol. The van der Waals surface area contributed by atoms with E-state index in [1.54, 1.807) is 6.92 Å². The van der Waals surface area contributed by atoms with Crippen molar-refractivity contribution >= 4 is 5.78 Å². The smallest absolute Gasteiger partial charge is 0.139 e. The fraction of sp³-hybridized carbons (Fsp3) is 0.812. The van der Waals surface area contributed by atoms with Crippen molar-refractivity contribution in [3.05, 3.63) is 12.2 Å². The molecule has 3 aliphatic carbocycles. The van der Waals surface area contributed by atoms with Crippen LogP contribution < -0.4 is 0 Å². The third kappa shape index (κ3) is 2.09. The van der Waals surface area contributed by atoms with Gasteiger partial charge in [0.2, 0.25) is 0 Å². The molecule has 3 aliphatic rings. The molecule has 1 heteroatoms. The summed E-state index contributed by atoms with van der Waals surface area (Å²) in [6.45, 7) is 10.6. The molecule has 0 aliphatic heterocycles. The van der Waals surface area contributed by atoms with Crippen LogP contribution in [0.4, 0.5) is 0 Å². The van der Waals surface area contributed by atoms with Gasteiger partial charge in [-0.05, 0) is 63.2 Å². The van der Waals surface area contributed by atoms with Crippen LogP contribution in [0.25, 0.3) is 0 Å². The monoisotopic (exact) mass is 234 g/mol. The van der Waals surface area contributed by atoms with Crippen LogP contribution in [0.5, 0.6) is 0 Å². The zero-order valence-corrected chi connectivity index (χ0v) is 11.9. The SMILES string of the molecule is CC(=O)C(C)(C)/C=C/[C@@H]1CC[C@H]2C[C@@H]1C2(C)C. The van der Waals surface area contributed by atoms with E-state index in [-0.39, 0.29) is 11.2 Å². The molecule has 0 aromatic carbocycles. The molecule has 0 radical (unpaired) electrons. The van der Waals surface area contributed by atoms with E-state index in [2.05, 4.69) is 26.0 Å². The standard InChI is InChI=1S/C16H26O/c1-11(17)15(2,3)9-8-12-6-7-13-10-14(12)16(13,4)5/h8-9,12-14H,6-7,10H2,1-5H3/b9-8+/t12-,13-,14-/m0/s1. The number of hydrogen-bond acceptors (Lipinski definition) is 1. The van der Waals surface area contributed by atoms with E-state index < -0.39 is 0 Å². The minimum atomic E-state index is -0.287. The Morgan fingerprint density at radius 2 is 1.94 bits per heavy atom. The Labute approximate surface area is 106 Å². The number of ketones is 1. The summed E-state index contributed by atoms with van der Waals surface area (Å²) in [7, 11) is 0. The summed E-state index contributed by atoms with van der Waals surface area (Å²) in [4.78, 5) is 11.5. The van der Waals surface area contributed by atoms with Crippen LogP contribution in [0.15, 0.2) is 12.2 Å². The van der Waals surface area contributed by atoms with Gasteiger partial charge < -0.3 is 0 Å². The van der Waals surface area contributed by atoms with Gasteiger partial charge in [0.05, 0.1) is 0 Å². The molecular formula is C16H26O. The number of fused-ring (bicyclic) bond motifs is 2. The van der Waals surface area contributed by atoms with Gasteiger partial charge in [-0.15, -0.1) is 0 Å². The Bertz CT molecular complexity index is 347. The van der Waals surface area contributed by atoms with Crippen LogP contribution in [-0.2, 0) is 4.79 Å². The van der Waals surface area contributed by atoms with E-state index in [0.29, 0.717) is 11.3 Å². The summed E-state index contributed by atoms with van der Waals surface area (Å²) in [5.41, 5.74) is 0.248. The lowest BCUT2D eigenvalue weighted by Crippen LogP contribution is -2.51. The highest BCUT2D eigenvalue weighted by atomic mass is 16.1. The third-order valence-corrected chi connectivity index (χ3v) is 5.58. The first-order valence-electron chi connectivity index (χ1n) is 6.95. The predicted molar refractivity (Wildman–Crippen MR) is 71.7 cm³/mol. The highest BCUT2D eigenvalue weighted by molar-refractivity contribution is 5.83. The fourth-order valence-electron chi connectivity index (χ4n) is 3.58. The quantitative estimate of drug-likeness (QED) is 0.668. The van der Waals surface area contributed by atoms with Gasteiger partial charge in [0, 0.05) is 5.41 Å². The van der Waals surface area contributed by atoms with Gasteiger partial charge in [-0.3, -0.25) is 4.79 Å². The molecule has 0 heterocycles. The van der Waals surface area contributed by atoms with Crippen molar-refractivity contribution in [3.8, 4) is 0 Å². The molecule has 96 valence electrons. The Balaban J connectivity index is 2.05. The Hall–Kier alpha value is -0.590. The van der Waals surface area contributed by atoms with Crippen LogP contribution in [0.3, 0.4) is 0 Å². The van der Waals surface area contributed by atoms with Crippen molar-refractivity contribution < 1.29 is 4.79 Å². The number of carbonyl (C=O) groups is 1. The first-order valence-corrected chi connectivity index (χ1v) is 6.95. The Morgan fingerprint density at radius 1 is 1.29 bits per heavy atom. The molecule has 17 heavy (non-hydrogen) atoms. The summed E-state index contributed by atoms with van der Waals surface area (Å²) < 4.78 is 0. The highest BCUT2D eigenvalue weighted by Gasteiger charge is 2.53. The van der Waals surface area contributed by atoms with Crippen molar-refractivity contribution in [2.45, 2.75) is 53.9 Å². The summed E-state index contributed by atoms with van der Waals surface area (Å²) in [5.74, 6) is 2.77. The number of carbonyl (C=O) groups excluding carboxylic acids is 1. The average Bonchev–Trinajstić information content (AvgIpc) is 2.26. The maximum absolute atomic E-state index is 11.5. The van der Waals surface area contributed by atoms with Crippen molar-refractivity contribution in [2.75, 3.05) is 0 Å². The number of rotatable bonds is 3. The van der Waals surface area contributed by atoms with Gasteiger partial charge in [-0.25, -0.2) is 0 Å². The minimum absolute atomic E-state index is 0.260. The molecule has 0 amide bonds. The molecule has 3 saturated carbocycles. The Kier molecular flexibility index (Phi) is 3.00. The van der Waals surface area contributed by atoms with E-state index in [1.165, 1.54) is 19.3 Å². The zero-order chi connectivity index (χ0) is 12.8. The lowest BCUT2D eigenvalue weighted by Gasteiger charge is -2.59. The topological polar surface area (TPSA) is 17.1 Å². The molecule has 3 rings (SSSR count). The molecule has 3 atom stereocenters. The van der Waals surface area contributed by atoms with E-state index in [0.717, 1.165) is 11.8 Å². The molecule has 3 fully saturated rings. The van der Waals surface area contributed by atoms with Gasteiger partial charge in [-0.2, -0.15) is 0 Å². The van der Waals surface area contributed by atoms with Crippen LogP contribution in [0.2, 0.25) is 0 Å². The van der Waals surface area contributed by atoms with Crippen molar-refractivity contribution in [2.24, 2.45) is 28.6 Å². The lowest BCUT2D eigenvalue weighted by atomic mass is 9.45. The zero-order valence-electron chi connectivity index (χ0n) is 11.9. The van der Waals surface area contributed by atoms with E-state index in [1.807, 2.05) is 13.8 Å². The van der Waals surface area contributed by atoms with Crippen LogP contribution >= 0.6 is 0 Å². The summed E-state index contributed by atoms with van der Waals surface area (Å²) in [6, 6.07) is 0. The second-order valence-electron chi connectivity index (χ2n) is 7.24. The third-order valence-electron chi connectivity index (χ3n) is 5.58. The first-order chi connectivity index (χ1) is 7.75. The molecule has 0 spiro atoms. The van der Waals surface area contributed by atoms with Crippen LogP contribution in [0, 0.1) is 28.6 Å². The number of Topliss-reactive ketones (excluding diaryl/α,β-unsaturated/α-hetero) is 1. The maximum Gasteiger partial charge on any atom is 0.139 e. The first kappa shape index (κ1) is 12.9. The number of allylic oxidation sites excluding steroid dienone is 2. The molecule has 0 aromatic rings. The van der Waals surface area contributed by atoms with Gasteiger partial charge in [-0.1, -0.05) is 26.0 Å². The minimum Gasteiger partial charge on any atom is -0.299 e. The second kappa shape index (κ2) is 3.96. The molecule has 0 N–H and O–H groups in total. The fourth-order valence-corrected chi connectivity index (χ4v) is 3.58. The summed E-state index contributed by atoms with van der Waals surface area (Å²) in [5, 5.41) is 0. The maximum atomic E-state index is 11.5. The highest BCUT2D eigenvalue weighted by Crippen LogP contribution is 2.61. The van der Waals surface area contributed by atoms with Gasteiger partial charge >= 0.3 is 0 Å². The molecule has 1 nitrogen and oxygen atoms in total. The molecule has 0 aromatic heterocycles. The van der Waals surface area contributed by atoms with Crippen LogP contribution in [-0.4, -0.2) is 5.78 Å². The van der Waals surface area contributed by atoms with Crippen molar-refractivity contribution in [3.63, 3.8) is 0 Å². The van der Waals surface area contributed by atoms with Crippen molar-refractivity contribution in [1.82, 2.24) is 0 Å². The lowest BCUT2D eigenvalue weighted by molar-refractivity contribution is -0.122. The summed E-state index contributed by atoms with van der Waals surface area (Å²) in [6.07, 6.45) is 8.59. The molecule has 0 saturated heterocycles. The average molecular weight is 234 g/mol. The predicted octanol–water partition coefficient (Wildman–Crippen LogP) is 4.23. The molecule has 0 unspecified atom stereocenters. The van der Waals surface area contributed by atoms with Gasteiger partial charge in [0.15, 0.2) is 0 Å². The van der Waals surface area contributed by atoms with E-state index in [9.17, 15) is 4.79 Å². The number of hydrogen-bond donors (Lipinski definition) is 0. The Morgan fingerprint density at radius 3 is 2.41 bits per heavy atom. The van der Waals surface area contributed by atoms with Crippen molar-refractivity contribution in [1.29, 1.82) is 0 Å². The van der Waals surface area contributed by atoms with Crippen LogP contribution in [0.1, 0.15) is 53.9 Å². The second-order valence-corrected chi connectivity index (χ2v) is 7.24. The van der Waals surface area contributed by atoms with E-state index in [4.69, 9.17) is 0 Å². The normalized spacial score (nSPS) is 35.7. The summed E-state index contributed by atoms with van der Waals surface area (Å²) >= 11 is 0. The molecule has 2 bridgehead atoms. The largest absolute Gasteiger partial charge is 0.299 e. The van der Waals surface area contributed by atoms with E-state index >= 15 is 0 Å². The van der Waals surface area contributed by atoms with Gasteiger partial charge in [0.1, 0.15) is 5.78 Å². The van der Waals surface area contributed by atoms with Gasteiger partial charge in [0.25, 0.3) is 0 Å².